The number of nitrogens with zero attached hydrogens (tertiary/aromatic N) is 2. The van der Waals surface area contributed by atoms with Crippen LogP contribution in [0.5, 0.6) is 0 Å². The Morgan fingerprint density at radius 3 is 2.26 bits per heavy atom. The van der Waals surface area contributed by atoms with Crippen molar-refractivity contribution in [2.45, 2.75) is 39.2 Å². The highest BCUT2D eigenvalue weighted by Crippen LogP contribution is 2.40. The second-order valence-corrected chi connectivity index (χ2v) is 4.85. The van der Waals surface area contributed by atoms with E-state index in [0.29, 0.717) is 11.1 Å². The summed E-state index contributed by atoms with van der Waals surface area (Å²) < 4.78 is 0. The van der Waals surface area contributed by atoms with Crippen LogP contribution in [0, 0.1) is 34.1 Å². The highest BCUT2D eigenvalue weighted by molar-refractivity contribution is 5.78. The van der Waals surface area contributed by atoms with Crippen molar-refractivity contribution >= 4 is 17.1 Å². The first-order valence-corrected chi connectivity index (χ1v) is 6.11. The monoisotopic (exact) mass is 265 g/mol. The molecule has 102 valence electrons. The number of hydrogen-bond donors (Lipinski definition) is 1. The predicted molar refractivity (Wildman–Crippen MR) is 70.5 cm³/mol. The van der Waals surface area contributed by atoms with Gasteiger partial charge in [-0.15, -0.1) is 0 Å². The Balaban J connectivity index is 2.59. The molecule has 1 aromatic rings. The van der Waals surface area contributed by atoms with E-state index in [4.69, 9.17) is 0 Å². The third kappa shape index (κ3) is 2.35. The van der Waals surface area contributed by atoms with E-state index in [1.807, 2.05) is 0 Å². The summed E-state index contributed by atoms with van der Waals surface area (Å²) in [6.45, 7) is 3.26. The fourth-order valence-electron chi connectivity index (χ4n) is 2.15. The van der Waals surface area contributed by atoms with Gasteiger partial charge in [0.1, 0.15) is 0 Å². The van der Waals surface area contributed by atoms with Crippen LogP contribution in [-0.4, -0.2) is 15.9 Å². The summed E-state index contributed by atoms with van der Waals surface area (Å²) in [6.07, 6.45) is 2.83. The van der Waals surface area contributed by atoms with E-state index in [0.717, 1.165) is 19.3 Å². The predicted octanol–water partition coefficient (Wildman–Crippen LogP) is 3.08. The van der Waals surface area contributed by atoms with Crippen molar-refractivity contribution in [3.05, 3.63) is 37.4 Å². The lowest BCUT2D eigenvalue weighted by molar-refractivity contribution is -0.392. The van der Waals surface area contributed by atoms with Crippen LogP contribution in [0.15, 0.2) is 6.07 Å². The average molecular weight is 265 g/mol. The Kier molecular flexibility index (Phi) is 3.37. The molecule has 0 bridgehead atoms. The topological polar surface area (TPSA) is 98.3 Å². The lowest BCUT2D eigenvalue weighted by Crippen LogP contribution is -2.28. The van der Waals surface area contributed by atoms with E-state index < -0.39 is 9.85 Å². The normalized spacial score (nSPS) is 14.8. The third-order valence-electron chi connectivity index (χ3n) is 3.63. The second-order valence-electron chi connectivity index (χ2n) is 4.85. The van der Waals surface area contributed by atoms with Crippen LogP contribution in [0.2, 0.25) is 0 Å². The first-order chi connectivity index (χ1) is 8.91. The standard InChI is InChI=1S/C12H15N3O4/c1-7-6-10(14(16)17)11(13-9-4-3-5-9)12(8(7)2)15(18)19/h6,9,13H,3-5H2,1-2H3. The van der Waals surface area contributed by atoms with Crippen LogP contribution in [0.4, 0.5) is 17.1 Å². The number of nitro groups is 2. The second kappa shape index (κ2) is 4.83. The van der Waals surface area contributed by atoms with E-state index in [1.54, 1.807) is 13.8 Å². The molecule has 0 heterocycles. The largest absolute Gasteiger partial charge is 0.371 e. The number of anilines is 1. The van der Waals surface area contributed by atoms with Gasteiger partial charge in [-0.05, 0) is 38.7 Å². The number of hydrogen-bond acceptors (Lipinski definition) is 5. The van der Waals surface area contributed by atoms with E-state index in [1.165, 1.54) is 6.07 Å². The number of rotatable bonds is 4. The molecule has 2 rings (SSSR count). The summed E-state index contributed by atoms with van der Waals surface area (Å²) in [7, 11) is 0. The van der Waals surface area contributed by atoms with Crippen molar-refractivity contribution in [1.82, 2.24) is 0 Å². The number of benzene rings is 1. The molecule has 1 saturated carbocycles. The zero-order chi connectivity index (χ0) is 14.2. The molecule has 0 spiro atoms. The van der Waals surface area contributed by atoms with Gasteiger partial charge in [-0.25, -0.2) is 0 Å². The summed E-state index contributed by atoms with van der Waals surface area (Å²) in [4.78, 5) is 21.2. The fourth-order valence-corrected chi connectivity index (χ4v) is 2.15. The summed E-state index contributed by atoms with van der Waals surface area (Å²) in [5.74, 6) is 0. The number of nitrogens with one attached hydrogen (secondary N) is 1. The van der Waals surface area contributed by atoms with Gasteiger partial charge in [0.25, 0.3) is 5.69 Å². The molecular formula is C12H15N3O4. The molecule has 0 atom stereocenters. The maximum absolute atomic E-state index is 11.2. The zero-order valence-electron chi connectivity index (χ0n) is 10.8. The molecular weight excluding hydrogens is 250 g/mol. The molecule has 1 fully saturated rings. The quantitative estimate of drug-likeness (QED) is 0.666. The van der Waals surface area contributed by atoms with Gasteiger partial charge in [0, 0.05) is 17.7 Å². The van der Waals surface area contributed by atoms with Crippen LogP contribution < -0.4 is 5.32 Å². The van der Waals surface area contributed by atoms with Gasteiger partial charge >= 0.3 is 5.69 Å². The molecule has 19 heavy (non-hydrogen) atoms. The molecule has 0 saturated heterocycles. The fraction of sp³-hybridized carbons (Fsp3) is 0.500. The molecule has 0 radical (unpaired) electrons. The van der Waals surface area contributed by atoms with Gasteiger partial charge in [0.15, 0.2) is 5.69 Å². The summed E-state index contributed by atoms with van der Waals surface area (Å²) >= 11 is 0. The van der Waals surface area contributed by atoms with Crippen LogP contribution in [0.1, 0.15) is 30.4 Å². The Bertz CT molecular complexity index is 552. The maximum Gasteiger partial charge on any atom is 0.302 e. The average Bonchev–Trinajstić information content (AvgIpc) is 2.26. The minimum absolute atomic E-state index is 0.0443. The van der Waals surface area contributed by atoms with Crippen molar-refractivity contribution < 1.29 is 9.85 Å². The van der Waals surface area contributed by atoms with Gasteiger partial charge in [-0.3, -0.25) is 20.2 Å². The van der Waals surface area contributed by atoms with Crippen molar-refractivity contribution in [3.63, 3.8) is 0 Å². The van der Waals surface area contributed by atoms with Crippen molar-refractivity contribution in [1.29, 1.82) is 0 Å². The van der Waals surface area contributed by atoms with Crippen LogP contribution in [0.25, 0.3) is 0 Å². The van der Waals surface area contributed by atoms with Gasteiger partial charge in [-0.1, -0.05) is 0 Å². The Morgan fingerprint density at radius 1 is 1.21 bits per heavy atom. The van der Waals surface area contributed by atoms with Crippen molar-refractivity contribution in [2.24, 2.45) is 0 Å². The van der Waals surface area contributed by atoms with Gasteiger partial charge in [0.2, 0.25) is 0 Å². The maximum atomic E-state index is 11.2. The Morgan fingerprint density at radius 2 is 1.84 bits per heavy atom. The summed E-state index contributed by atoms with van der Waals surface area (Å²) in [5.41, 5.74) is 0.665. The summed E-state index contributed by atoms with van der Waals surface area (Å²) in [6, 6.07) is 1.49. The van der Waals surface area contributed by atoms with Crippen LogP contribution in [-0.2, 0) is 0 Å². The molecule has 0 unspecified atom stereocenters. The third-order valence-corrected chi connectivity index (χ3v) is 3.63. The first kappa shape index (κ1) is 13.3. The van der Waals surface area contributed by atoms with E-state index in [9.17, 15) is 20.2 Å². The molecule has 7 heteroatoms. The Labute approximate surface area is 109 Å². The van der Waals surface area contributed by atoms with Crippen molar-refractivity contribution in [2.75, 3.05) is 5.32 Å². The number of aryl methyl sites for hydroxylation is 1. The lowest BCUT2D eigenvalue weighted by Gasteiger charge is -2.27. The first-order valence-electron chi connectivity index (χ1n) is 6.11. The van der Waals surface area contributed by atoms with Crippen LogP contribution in [0.3, 0.4) is 0 Å². The molecule has 1 N–H and O–H groups in total. The molecule has 1 aliphatic carbocycles. The summed E-state index contributed by atoms with van der Waals surface area (Å²) in [5, 5.41) is 25.3. The highest BCUT2D eigenvalue weighted by Gasteiger charge is 2.31. The van der Waals surface area contributed by atoms with E-state index in [2.05, 4.69) is 5.32 Å². The highest BCUT2D eigenvalue weighted by atomic mass is 16.6. The van der Waals surface area contributed by atoms with Gasteiger partial charge < -0.3 is 5.32 Å². The zero-order valence-corrected chi connectivity index (χ0v) is 10.8. The van der Waals surface area contributed by atoms with Crippen LogP contribution >= 0.6 is 0 Å². The van der Waals surface area contributed by atoms with E-state index >= 15 is 0 Å². The van der Waals surface area contributed by atoms with Gasteiger partial charge in [0.05, 0.1) is 9.85 Å². The minimum atomic E-state index is -0.569. The van der Waals surface area contributed by atoms with E-state index in [-0.39, 0.29) is 23.1 Å². The number of nitro benzene ring substituents is 2. The molecule has 0 aliphatic heterocycles. The smallest absolute Gasteiger partial charge is 0.302 e. The molecule has 0 amide bonds. The molecule has 7 nitrogen and oxygen atoms in total. The van der Waals surface area contributed by atoms with Crippen molar-refractivity contribution in [3.8, 4) is 0 Å². The molecule has 0 aromatic heterocycles. The van der Waals surface area contributed by atoms with Gasteiger partial charge in [-0.2, -0.15) is 0 Å². The molecule has 1 aliphatic rings. The minimum Gasteiger partial charge on any atom is -0.371 e. The Hall–Kier alpha value is -2.18. The lowest BCUT2D eigenvalue weighted by atomic mass is 9.92. The molecule has 1 aromatic carbocycles. The SMILES string of the molecule is Cc1cc([N+](=O)[O-])c(NC2CCC2)c([N+](=O)[O-])c1C.